The van der Waals surface area contributed by atoms with E-state index >= 15 is 0 Å². The Labute approximate surface area is 285 Å². The standard InChI is InChI=1S/C40H59B2NO4/c1-15-16-17-18-19-20-21-28(6)43-35-24-33(41-44-37(7,8)38(9,10)45-41)29(26(2)3)22-31(35)32-23-30(27(4)5)34(25-36(32)43)42-46-39(11,12)40(13,14)47-42/h22-25,28H,2,4,15-21H2,1,3,5-14H3. The first-order chi connectivity index (χ1) is 21.8. The Morgan fingerprint density at radius 1 is 0.638 bits per heavy atom. The van der Waals surface area contributed by atoms with Crippen LogP contribution in [0.3, 0.4) is 0 Å². The number of hydrogen-bond donors (Lipinski definition) is 0. The molecule has 0 N–H and O–H groups in total. The van der Waals surface area contributed by atoms with Crippen LogP contribution in [0.25, 0.3) is 33.0 Å². The van der Waals surface area contributed by atoms with Gasteiger partial charge in [0.2, 0.25) is 0 Å². The van der Waals surface area contributed by atoms with Gasteiger partial charge in [-0.25, -0.2) is 0 Å². The number of unbranched alkanes of at least 4 members (excludes halogenated alkanes) is 5. The van der Waals surface area contributed by atoms with Crippen molar-refractivity contribution in [1.82, 2.24) is 4.57 Å². The minimum absolute atomic E-state index is 0.282. The first-order valence-corrected chi connectivity index (χ1v) is 18.0. The van der Waals surface area contributed by atoms with E-state index in [0.29, 0.717) is 0 Å². The number of rotatable bonds is 12. The summed E-state index contributed by atoms with van der Waals surface area (Å²) in [4.78, 5) is 0. The molecule has 1 aromatic heterocycles. The van der Waals surface area contributed by atoms with Crippen molar-refractivity contribution >= 4 is 58.1 Å². The third-order valence-electron chi connectivity index (χ3n) is 11.5. The van der Waals surface area contributed by atoms with Gasteiger partial charge < -0.3 is 23.2 Å². The van der Waals surface area contributed by atoms with E-state index in [0.717, 1.165) is 39.6 Å². The molecule has 0 bridgehead atoms. The van der Waals surface area contributed by atoms with Crippen molar-refractivity contribution in [2.24, 2.45) is 0 Å². The van der Waals surface area contributed by atoms with Gasteiger partial charge in [-0.3, -0.25) is 0 Å². The molecule has 2 aromatic carbocycles. The highest BCUT2D eigenvalue weighted by atomic mass is 16.7. The average molecular weight is 640 g/mol. The molecule has 2 saturated heterocycles. The molecule has 0 amide bonds. The molecule has 7 heteroatoms. The lowest BCUT2D eigenvalue weighted by atomic mass is 9.73. The second-order valence-electron chi connectivity index (χ2n) is 16.4. The molecule has 0 saturated carbocycles. The van der Waals surface area contributed by atoms with Crippen molar-refractivity contribution in [2.45, 2.75) is 156 Å². The van der Waals surface area contributed by atoms with Crippen LogP contribution in [-0.2, 0) is 18.6 Å². The minimum atomic E-state index is -0.484. The lowest BCUT2D eigenvalue weighted by molar-refractivity contribution is 0.00578. The Hall–Kier alpha value is -2.31. The molecule has 47 heavy (non-hydrogen) atoms. The van der Waals surface area contributed by atoms with Crippen molar-refractivity contribution in [3.05, 3.63) is 48.6 Å². The molecule has 5 rings (SSSR count). The highest BCUT2D eigenvalue weighted by Gasteiger charge is 2.53. The summed E-state index contributed by atoms with van der Waals surface area (Å²) in [7, 11) is -0.967. The number of allylic oxidation sites excluding steroid dienone is 2. The second-order valence-corrected chi connectivity index (χ2v) is 16.4. The number of benzene rings is 2. The number of hydrogen-bond acceptors (Lipinski definition) is 4. The molecule has 254 valence electrons. The first kappa shape index (κ1) is 36.0. The Balaban J connectivity index is 1.72. The van der Waals surface area contributed by atoms with Crippen LogP contribution in [0.4, 0.5) is 0 Å². The Morgan fingerprint density at radius 2 is 1.00 bits per heavy atom. The molecule has 2 fully saturated rings. The molecule has 5 nitrogen and oxygen atoms in total. The van der Waals surface area contributed by atoms with Gasteiger partial charge >= 0.3 is 14.2 Å². The predicted octanol–water partition coefficient (Wildman–Crippen LogP) is 9.77. The summed E-state index contributed by atoms with van der Waals surface area (Å²) in [5.74, 6) is 0. The van der Waals surface area contributed by atoms with Gasteiger partial charge in [-0.2, -0.15) is 0 Å². The summed E-state index contributed by atoms with van der Waals surface area (Å²) in [6.07, 6.45) is 8.78. The average Bonchev–Trinajstić information content (AvgIpc) is 3.49. The van der Waals surface area contributed by atoms with E-state index in [4.69, 9.17) is 18.6 Å². The molecule has 1 atom stereocenters. The molecule has 2 aliphatic heterocycles. The van der Waals surface area contributed by atoms with Crippen molar-refractivity contribution in [1.29, 1.82) is 0 Å². The van der Waals surface area contributed by atoms with Crippen molar-refractivity contribution < 1.29 is 18.6 Å². The van der Waals surface area contributed by atoms with Crippen LogP contribution >= 0.6 is 0 Å². The quantitative estimate of drug-likeness (QED) is 0.146. The van der Waals surface area contributed by atoms with E-state index in [1.54, 1.807) is 0 Å². The molecule has 0 aliphatic carbocycles. The van der Waals surface area contributed by atoms with Crippen LogP contribution in [0.15, 0.2) is 37.4 Å². The predicted molar refractivity (Wildman–Crippen MR) is 203 cm³/mol. The lowest BCUT2D eigenvalue weighted by Gasteiger charge is -2.32. The van der Waals surface area contributed by atoms with Gasteiger partial charge in [-0.05, 0) is 129 Å². The molecule has 0 radical (unpaired) electrons. The molecule has 2 aliphatic rings. The van der Waals surface area contributed by atoms with Crippen molar-refractivity contribution in [3.8, 4) is 0 Å². The number of aromatic nitrogens is 1. The number of nitrogens with zero attached hydrogens (tertiary/aromatic N) is 1. The fourth-order valence-electron chi connectivity index (χ4n) is 7.06. The molecule has 0 spiro atoms. The molecule has 3 aromatic rings. The monoisotopic (exact) mass is 639 g/mol. The van der Waals surface area contributed by atoms with Gasteiger partial charge in [0.05, 0.1) is 22.4 Å². The van der Waals surface area contributed by atoms with E-state index in [1.165, 1.54) is 60.3 Å². The van der Waals surface area contributed by atoms with Crippen molar-refractivity contribution in [3.63, 3.8) is 0 Å². The Bertz CT molecular complexity index is 1540. The fraction of sp³-hybridized carbons (Fsp3) is 0.600. The lowest BCUT2D eigenvalue weighted by Crippen LogP contribution is -2.41. The van der Waals surface area contributed by atoms with Gasteiger partial charge in [0.25, 0.3) is 0 Å². The number of fused-ring (bicyclic) bond motifs is 3. The third kappa shape index (κ3) is 6.55. The van der Waals surface area contributed by atoms with Crippen LogP contribution < -0.4 is 10.9 Å². The fourth-order valence-corrected chi connectivity index (χ4v) is 7.06. The van der Waals surface area contributed by atoms with Gasteiger partial charge in [0, 0.05) is 27.8 Å². The van der Waals surface area contributed by atoms with Gasteiger partial charge in [-0.15, -0.1) is 0 Å². The van der Waals surface area contributed by atoms with E-state index in [2.05, 4.69) is 125 Å². The smallest absolute Gasteiger partial charge is 0.399 e. The van der Waals surface area contributed by atoms with Gasteiger partial charge in [-0.1, -0.05) is 69.8 Å². The van der Waals surface area contributed by atoms with Gasteiger partial charge in [0.15, 0.2) is 0 Å². The summed E-state index contributed by atoms with van der Waals surface area (Å²) in [5, 5.41) is 2.41. The maximum Gasteiger partial charge on any atom is 0.495 e. The normalized spacial score (nSPS) is 20.4. The molecule has 1 unspecified atom stereocenters. The zero-order valence-corrected chi connectivity index (χ0v) is 31.5. The first-order valence-electron chi connectivity index (χ1n) is 18.0. The largest absolute Gasteiger partial charge is 0.495 e. The maximum absolute atomic E-state index is 6.63. The third-order valence-corrected chi connectivity index (χ3v) is 11.5. The van der Waals surface area contributed by atoms with E-state index in [9.17, 15) is 0 Å². The van der Waals surface area contributed by atoms with E-state index in [1.807, 2.05) is 0 Å². The van der Waals surface area contributed by atoms with Crippen LogP contribution in [0, 0.1) is 0 Å². The van der Waals surface area contributed by atoms with Crippen molar-refractivity contribution in [2.75, 3.05) is 0 Å². The van der Waals surface area contributed by atoms with E-state index < -0.39 is 36.6 Å². The summed E-state index contributed by atoms with van der Waals surface area (Å²) < 4.78 is 29.1. The molecule has 3 heterocycles. The maximum atomic E-state index is 6.63. The summed E-state index contributed by atoms with van der Waals surface area (Å²) in [6.45, 7) is 34.5. The van der Waals surface area contributed by atoms with Crippen LogP contribution in [0.1, 0.15) is 145 Å². The Kier molecular flexibility index (Phi) is 9.84. The van der Waals surface area contributed by atoms with Crippen LogP contribution in [0.2, 0.25) is 0 Å². The summed E-state index contributed by atoms with van der Waals surface area (Å²) >= 11 is 0. The zero-order valence-electron chi connectivity index (χ0n) is 31.5. The topological polar surface area (TPSA) is 41.9 Å². The Morgan fingerprint density at radius 3 is 1.36 bits per heavy atom. The summed E-state index contributed by atoms with van der Waals surface area (Å²) in [6, 6.07) is 9.53. The van der Waals surface area contributed by atoms with Crippen LogP contribution in [0.5, 0.6) is 0 Å². The highest BCUT2D eigenvalue weighted by molar-refractivity contribution is 6.64. The SMILES string of the molecule is C=C(C)c1cc2c3cc(C(=C)C)c(B4OC(C)(C)C(C)(C)O4)cc3n(C(C)CCCCCCCC)c2cc1B1OC(C)(C)C(C)(C)O1. The minimum Gasteiger partial charge on any atom is -0.399 e. The second kappa shape index (κ2) is 12.9. The molecular weight excluding hydrogens is 580 g/mol. The van der Waals surface area contributed by atoms with Crippen LogP contribution in [-0.4, -0.2) is 41.2 Å². The summed E-state index contributed by atoms with van der Waals surface area (Å²) in [5.41, 5.74) is 6.82. The zero-order chi connectivity index (χ0) is 34.7. The van der Waals surface area contributed by atoms with Gasteiger partial charge in [0.1, 0.15) is 0 Å². The highest BCUT2D eigenvalue weighted by Crippen LogP contribution is 2.41. The van der Waals surface area contributed by atoms with E-state index in [-0.39, 0.29) is 6.04 Å². The molecular formula is C40H59B2NO4.